The van der Waals surface area contributed by atoms with Crippen LogP contribution in [0.2, 0.25) is 0 Å². The molecule has 6 nitrogen and oxygen atoms in total. The average Bonchev–Trinajstić information content (AvgIpc) is 2.55. The van der Waals surface area contributed by atoms with Crippen LogP contribution < -0.4 is 10.6 Å². The van der Waals surface area contributed by atoms with E-state index in [0.717, 1.165) is 12.1 Å². The third-order valence-electron chi connectivity index (χ3n) is 3.14. The number of carbonyl (C=O) groups excluding carboxylic acids is 2. The Morgan fingerprint density at radius 2 is 1.69 bits per heavy atom. The van der Waals surface area contributed by atoms with Crippen LogP contribution in [-0.4, -0.2) is 17.6 Å². The molecule has 0 aliphatic carbocycles. The van der Waals surface area contributed by atoms with E-state index in [9.17, 15) is 14.0 Å². The van der Waals surface area contributed by atoms with Crippen molar-refractivity contribution in [2.24, 2.45) is 0 Å². The van der Waals surface area contributed by atoms with Crippen LogP contribution in [0, 0.1) is 17.1 Å². The summed E-state index contributed by atoms with van der Waals surface area (Å²) >= 11 is 0. The first-order valence-corrected chi connectivity index (χ1v) is 7.79. The molecule has 0 fully saturated rings. The standard InChI is InChI=1S/C19H18FN3O3/c1-19(2,3)26-18(25)23-16-10-14(20)8-9-15(16)22-17(24)13-6-4-12(11-21)5-7-13/h4-10H,1-3H3,(H,22,24)(H,23,25). The van der Waals surface area contributed by atoms with Gasteiger partial charge in [-0.3, -0.25) is 10.1 Å². The molecule has 0 aliphatic rings. The molecule has 0 saturated heterocycles. The summed E-state index contributed by atoms with van der Waals surface area (Å²) in [6, 6.07) is 11.6. The molecule has 7 heteroatoms. The number of ether oxygens (including phenoxy) is 1. The molecule has 0 bridgehead atoms. The second-order valence-corrected chi connectivity index (χ2v) is 6.46. The van der Waals surface area contributed by atoms with Crippen LogP contribution in [0.1, 0.15) is 36.7 Å². The number of benzene rings is 2. The fraction of sp³-hybridized carbons (Fsp3) is 0.211. The van der Waals surface area contributed by atoms with Gasteiger partial charge >= 0.3 is 6.09 Å². The number of nitrogens with one attached hydrogen (secondary N) is 2. The number of nitriles is 1. The zero-order chi connectivity index (χ0) is 19.3. The van der Waals surface area contributed by atoms with Gasteiger partial charge in [0.05, 0.1) is 23.0 Å². The smallest absolute Gasteiger partial charge is 0.412 e. The van der Waals surface area contributed by atoms with Crippen molar-refractivity contribution < 1.29 is 18.7 Å². The number of hydrogen-bond donors (Lipinski definition) is 2. The highest BCUT2D eigenvalue weighted by Gasteiger charge is 2.18. The van der Waals surface area contributed by atoms with Gasteiger partial charge in [-0.15, -0.1) is 0 Å². The van der Waals surface area contributed by atoms with Gasteiger partial charge < -0.3 is 10.1 Å². The van der Waals surface area contributed by atoms with E-state index in [0.29, 0.717) is 11.1 Å². The predicted octanol–water partition coefficient (Wildman–Crippen LogP) is 4.30. The van der Waals surface area contributed by atoms with Crippen LogP contribution >= 0.6 is 0 Å². The fourth-order valence-corrected chi connectivity index (χ4v) is 2.03. The van der Waals surface area contributed by atoms with Crippen molar-refractivity contribution in [3.8, 4) is 6.07 Å². The van der Waals surface area contributed by atoms with Crippen LogP contribution in [0.25, 0.3) is 0 Å². The Morgan fingerprint density at radius 1 is 1.04 bits per heavy atom. The number of nitrogens with zero attached hydrogens (tertiary/aromatic N) is 1. The maximum absolute atomic E-state index is 13.5. The monoisotopic (exact) mass is 355 g/mol. The van der Waals surface area contributed by atoms with E-state index in [4.69, 9.17) is 10.00 Å². The summed E-state index contributed by atoms with van der Waals surface area (Å²) in [7, 11) is 0. The molecule has 2 N–H and O–H groups in total. The van der Waals surface area contributed by atoms with Crippen LogP contribution in [-0.2, 0) is 4.74 Å². The highest BCUT2D eigenvalue weighted by Crippen LogP contribution is 2.24. The normalized spacial score (nSPS) is 10.6. The van der Waals surface area contributed by atoms with Crippen molar-refractivity contribution in [3.05, 3.63) is 59.4 Å². The Kier molecular flexibility index (Phi) is 5.58. The minimum absolute atomic E-state index is 0.0706. The zero-order valence-electron chi connectivity index (χ0n) is 14.6. The van der Waals surface area contributed by atoms with E-state index in [2.05, 4.69) is 10.6 Å². The number of hydrogen-bond acceptors (Lipinski definition) is 4. The predicted molar refractivity (Wildman–Crippen MR) is 95.4 cm³/mol. The van der Waals surface area contributed by atoms with Crippen molar-refractivity contribution >= 4 is 23.4 Å². The van der Waals surface area contributed by atoms with Gasteiger partial charge in [-0.2, -0.15) is 5.26 Å². The number of rotatable bonds is 3. The molecule has 0 spiro atoms. The second kappa shape index (κ2) is 7.66. The topological polar surface area (TPSA) is 91.2 Å². The number of halogens is 1. The van der Waals surface area contributed by atoms with Crippen molar-refractivity contribution in [3.63, 3.8) is 0 Å². The minimum atomic E-state index is -0.767. The van der Waals surface area contributed by atoms with Crippen molar-refractivity contribution in [1.82, 2.24) is 0 Å². The Balaban J connectivity index is 2.19. The van der Waals surface area contributed by atoms with Gasteiger partial charge in [0.15, 0.2) is 0 Å². The Morgan fingerprint density at radius 3 is 2.27 bits per heavy atom. The highest BCUT2D eigenvalue weighted by atomic mass is 19.1. The molecule has 0 atom stereocenters. The van der Waals surface area contributed by atoms with E-state index < -0.39 is 23.4 Å². The summed E-state index contributed by atoms with van der Waals surface area (Å²) in [4.78, 5) is 24.3. The van der Waals surface area contributed by atoms with Crippen molar-refractivity contribution in [1.29, 1.82) is 5.26 Å². The summed E-state index contributed by atoms with van der Waals surface area (Å²) in [5, 5.41) is 13.8. The number of anilines is 2. The molecule has 0 aliphatic heterocycles. The quantitative estimate of drug-likeness (QED) is 0.859. The van der Waals surface area contributed by atoms with E-state index in [1.165, 1.54) is 30.3 Å². The van der Waals surface area contributed by atoms with E-state index in [1.54, 1.807) is 20.8 Å². The van der Waals surface area contributed by atoms with Crippen LogP contribution in [0.4, 0.5) is 20.6 Å². The first-order chi connectivity index (χ1) is 12.2. The van der Waals surface area contributed by atoms with Crippen LogP contribution in [0.15, 0.2) is 42.5 Å². The molecule has 26 heavy (non-hydrogen) atoms. The molecule has 0 heterocycles. The molecule has 2 aromatic carbocycles. The molecule has 0 saturated carbocycles. The zero-order valence-corrected chi connectivity index (χ0v) is 14.6. The largest absolute Gasteiger partial charge is 0.444 e. The van der Waals surface area contributed by atoms with Crippen molar-refractivity contribution in [2.45, 2.75) is 26.4 Å². The van der Waals surface area contributed by atoms with Gasteiger partial charge in [-0.05, 0) is 63.2 Å². The molecule has 134 valence electrons. The molecular weight excluding hydrogens is 337 g/mol. The van der Waals surface area contributed by atoms with Crippen LogP contribution in [0.5, 0.6) is 0 Å². The van der Waals surface area contributed by atoms with Gasteiger partial charge in [0.2, 0.25) is 0 Å². The summed E-state index contributed by atoms with van der Waals surface area (Å²) < 4.78 is 18.7. The summed E-state index contributed by atoms with van der Waals surface area (Å²) in [6.45, 7) is 5.10. The number of carbonyl (C=O) groups is 2. The van der Waals surface area contributed by atoms with Crippen molar-refractivity contribution in [2.75, 3.05) is 10.6 Å². The maximum atomic E-state index is 13.5. The Hall–Kier alpha value is -3.40. The average molecular weight is 355 g/mol. The minimum Gasteiger partial charge on any atom is -0.444 e. The lowest BCUT2D eigenvalue weighted by molar-refractivity contribution is 0.0635. The van der Waals surface area contributed by atoms with Crippen LogP contribution in [0.3, 0.4) is 0 Å². The SMILES string of the molecule is CC(C)(C)OC(=O)Nc1cc(F)ccc1NC(=O)c1ccc(C#N)cc1. The third-order valence-corrected chi connectivity index (χ3v) is 3.14. The summed E-state index contributed by atoms with van der Waals surface area (Å²) in [6.07, 6.45) is -0.767. The molecule has 2 amide bonds. The van der Waals surface area contributed by atoms with Gasteiger partial charge in [0, 0.05) is 5.56 Å². The second-order valence-electron chi connectivity index (χ2n) is 6.46. The molecular formula is C19H18FN3O3. The van der Waals surface area contributed by atoms with E-state index >= 15 is 0 Å². The fourth-order valence-electron chi connectivity index (χ4n) is 2.03. The first-order valence-electron chi connectivity index (χ1n) is 7.79. The van der Waals surface area contributed by atoms with Gasteiger partial charge in [0.25, 0.3) is 5.91 Å². The summed E-state index contributed by atoms with van der Waals surface area (Å²) in [5.74, 6) is -1.04. The van der Waals surface area contributed by atoms with Gasteiger partial charge in [-0.1, -0.05) is 0 Å². The molecule has 0 radical (unpaired) electrons. The third kappa shape index (κ3) is 5.31. The lowest BCUT2D eigenvalue weighted by atomic mass is 10.1. The molecule has 0 unspecified atom stereocenters. The lowest BCUT2D eigenvalue weighted by Gasteiger charge is -2.20. The maximum Gasteiger partial charge on any atom is 0.412 e. The Labute approximate surface area is 150 Å². The molecule has 0 aromatic heterocycles. The van der Waals surface area contributed by atoms with E-state index in [1.807, 2.05) is 6.07 Å². The highest BCUT2D eigenvalue weighted by molar-refractivity contribution is 6.06. The van der Waals surface area contributed by atoms with Gasteiger partial charge in [-0.25, -0.2) is 9.18 Å². The number of amides is 2. The molecule has 2 aromatic rings. The van der Waals surface area contributed by atoms with Gasteiger partial charge in [0.1, 0.15) is 11.4 Å². The van der Waals surface area contributed by atoms with E-state index in [-0.39, 0.29) is 11.4 Å². The summed E-state index contributed by atoms with van der Waals surface area (Å²) in [5.41, 5.74) is 0.309. The lowest BCUT2D eigenvalue weighted by Crippen LogP contribution is -2.27. The Bertz CT molecular complexity index is 865. The molecule has 2 rings (SSSR count). The first kappa shape index (κ1) is 18.9.